The Kier molecular flexibility index (Phi) is 5.32. The molecule has 0 saturated heterocycles. The maximum absolute atomic E-state index is 11.7. The van der Waals surface area contributed by atoms with Crippen LogP contribution >= 0.6 is 11.8 Å². The Hall–Kier alpha value is -2.14. The lowest BCUT2D eigenvalue weighted by atomic mass is 10.1. The van der Waals surface area contributed by atoms with Gasteiger partial charge in [0.25, 0.3) is 0 Å². The highest BCUT2D eigenvalue weighted by Gasteiger charge is 2.03. The molecule has 102 valence electrons. The van der Waals surface area contributed by atoms with Crippen LogP contribution in [0, 0.1) is 0 Å². The summed E-state index contributed by atoms with van der Waals surface area (Å²) in [4.78, 5) is 15.8. The van der Waals surface area contributed by atoms with Crippen LogP contribution in [0.5, 0.6) is 0 Å². The Balaban J connectivity index is 1.83. The number of hydrogen-bond acceptors (Lipinski definition) is 4. The van der Waals surface area contributed by atoms with Gasteiger partial charge in [-0.2, -0.15) is 5.10 Å². The number of thioether (sulfide) groups is 1. The minimum atomic E-state index is -0.143. The van der Waals surface area contributed by atoms with Gasteiger partial charge in [0.1, 0.15) is 0 Å². The zero-order chi connectivity index (χ0) is 14.2. The first-order valence-corrected chi connectivity index (χ1v) is 7.16. The Labute approximate surface area is 122 Å². The molecule has 1 heterocycles. The number of carbonyl (C=O) groups excluding carboxylic acids is 1. The van der Waals surface area contributed by atoms with Crippen molar-refractivity contribution in [2.75, 3.05) is 5.75 Å². The van der Waals surface area contributed by atoms with Crippen molar-refractivity contribution in [3.63, 3.8) is 0 Å². The number of carbonyl (C=O) groups is 1. The molecule has 0 aliphatic rings. The van der Waals surface area contributed by atoms with Crippen LogP contribution in [-0.2, 0) is 4.79 Å². The van der Waals surface area contributed by atoms with Crippen LogP contribution in [0.25, 0.3) is 0 Å². The quantitative estimate of drug-likeness (QED) is 0.522. The summed E-state index contributed by atoms with van der Waals surface area (Å²) in [6, 6.07) is 15.3. The molecule has 0 saturated carbocycles. The van der Waals surface area contributed by atoms with Gasteiger partial charge in [0, 0.05) is 6.20 Å². The molecule has 2 rings (SSSR count). The third-order valence-electron chi connectivity index (χ3n) is 2.53. The SMILES string of the molecule is C/C(=N\NC(=O)CSc1ccccn1)c1ccccc1. The zero-order valence-corrected chi connectivity index (χ0v) is 11.9. The van der Waals surface area contributed by atoms with E-state index in [1.807, 2.05) is 55.5 Å². The van der Waals surface area contributed by atoms with Crippen molar-refractivity contribution in [3.05, 3.63) is 60.3 Å². The normalized spacial score (nSPS) is 11.2. The van der Waals surface area contributed by atoms with Crippen LogP contribution in [0.1, 0.15) is 12.5 Å². The number of hydrogen-bond donors (Lipinski definition) is 1. The van der Waals surface area contributed by atoms with Crippen molar-refractivity contribution < 1.29 is 4.79 Å². The van der Waals surface area contributed by atoms with E-state index in [4.69, 9.17) is 0 Å². The smallest absolute Gasteiger partial charge is 0.250 e. The van der Waals surface area contributed by atoms with Crippen molar-refractivity contribution in [1.29, 1.82) is 0 Å². The number of rotatable bonds is 5. The van der Waals surface area contributed by atoms with Crippen molar-refractivity contribution in [1.82, 2.24) is 10.4 Å². The maximum Gasteiger partial charge on any atom is 0.250 e. The number of nitrogens with zero attached hydrogens (tertiary/aromatic N) is 2. The van der Waals surface area contributed by atoms with Gasteiger partial charge in [-0.05, 0) is 24.6 Å². The van der Waals surface area contributed by atoms with E-state index in [0.29, 0.717) is 5.75 Å². The third-order valence-corrected chi connectivity index (χ3v) is 3.47. The Morgan fingerprint density at radius 2 is 1.95 bits per heavy atom. The Morgan fingerprint density at radius 1 is 1.20 bits per heavy atom. The predicted molar refractivity (Wildman–Crippen MR) is 81.8 cm³/mol. The highest BCUT2D eigenvalue weighted by atomic mass is 32.2. The zero-order valence-electron chi connectivity index (χ0n) is 11.1. The fourth-order valence-electron chi connectivity index (χ4n) is 1.49. The fourth-order valence-corrected chi connectivity index (χ4v) is 2.15. The first-order valence-electron chi connectivity index (χ1n) is 6.18. The van der Waals surface area contributed by atoms with Crippen LogP contribution in [0.15, 0.2) is 64.9 Å². The molecule has 1 N–H and O–H groups in total. The molecule has 20 heavy (non-hydrogen) atoms. The average Bonchev–Trinajstić information content (AvgIpc) is 2.52. The molecule has 5 heteroatoms. The second kappa shape index (κ2) is 7.45. The van der Waals surface area contributed by atoms with Crippen LogP contribution in [0.4, 0.5) is 0 Å². The Morgan fingerprint density at radius 3 is 2.65 bits per heavy atom. The first kappa shape index (κ1) is 14.3. The van der Waals surface area contributed by atoms with Gasteiger partial charge in [0.2, 0.25) is 5.91 Å². The third kappa shape index (κ3) is 4.51. The van der Waals surface area contributed by atoms with Crippen LogP contribution in [-0.4, -0.2) is 22.4 Å². The molecule has 1 aromatic heterocycles. The molecule has 0 fully saturated rings. The lowest BCUT2D eigenvalue weighted by Crippen LogP contribution is -2.21. The number of pyridine rings is 1. The van der Waals surface area contributed by atoms with E-state index in [9.17, 15) is 4.79 Å². The molecule has 0 atom stereocenters. The van der Waals surface area contributed by atoms with Crippen LogP contribution < -0.4 is 5.43 Å². The van der Waals surface area contributed by atoms with Crippen molar-refractivity contribution in [2.45, 2.75) is 11.9 Å². The molecule has 0 aliphatic carbocycles. The molecule has 1 amide bonds. The number of amides is 1. The average molecular weight is 285 g/mol. The van der Waals surface area contributed by atoms with Crippen LogP contribution in [0.3, 0.4) is 0 Å². The molecule has 0 bridgehead atoms. The summed E-state index contributed by atoms with van der Waals surface area (Å²) in [6.07, 6.45) is 1.71. The largest absolute Gasteiger partial charge is 0.272 e. The minimum absolute atomic E-state index is 0.143. The monoisotopic (exact) mass is 285 g/mol. The number of benzene rings is 1. The topological polar surface area (TPSA) is 54.4 Å². The van der Waals surface area contributed by atoms with Crippen molar-refractivity contribution in [3.8, 4) is 0 Å². The van der Waals surface area contributed by atoms with E-state index < -0.39 is 0 Å². The van der Waals surface area contributed by atoms with Gasteiger partial charge in [0.15, 0.2) is 0 Å². The summed E-state index contributed by atoms with van der Waals surface area (Å²) < 4.78 is 0. The highest BCUT2D eigenvalue weighted by molar-refractivity contribution is 7.99. The van der Waals surface area contributed by atoms with Gasteiger partial charge in [0.05, 0.1) is 16.5 Å². The predicted octanol–water partition coefficient (Wildman–Crippen LogP) is 2.71. The number of nitrogens with one attached hydrogen (secondary N) is 1. The molecule has 0 unspecified atom stereocenters. The molecule has 2 aromatic rings. The number of hydrazone groups is 1. The molecule has 0 spiro atoms. The van der Waals surface area contributed by atoms with E-state index >= 15 is 0 Å². The first-order chi connectivity index (χ1) is 9.75. The molecule has 0 aliphatic heterocycles. The highest BCUT2D eigenvalue weighted by Crippen LogP contribution is 2.12. The van der Waals surface area contributed by atoms with Crippen LogP contribution in [0.2, 0.25) is 0 Å². The van der Waals surface area contributed by atoms with Gasteiger partial charge in [-0.15, -0.1) is 0 Å². The van der Waals surface area contributed by atoms with Crippen molar-refractivity contribution in [2.24, 2.45) is 5.10 Å². The fraction of sp³-hybridized carbons (Fsp3) is 0.133. The van der Waals surface area contributed by atoms with Gasteiger partial charge in [-0.25, -0.2) is 10.4 Å². The van der Waals surface area contributed by atoms with E-state index in [1.165, 1.54) is 11.8 Å². The van der Waals surface area contributed by atoms with Gasteiger partial charge >= 0.3 is 0 Å². The van der Waals surface area contributed by atoms with E-state index in [-0.39, 0.29) is 5.91 Å². The van der Waals surface area contributed by atoms with Gasteiger partial charge < -0.3 is 0 Å². The lowest BCUT2D eigenvalue weighted by molar-refractivity contribution is -0.118. The molecular formula is C15H15N3OS. The Bertz CT molecular complexity index is 585. The van der Waals surface area contributed by atoms with E-state index in [2.05, 4.69) is 15.5 Å². The van der Waals surface area contributed by atoms with E-state index in [1.54, 1.807) is 6.20 Å². The summed E-state index contributed by atoms with van der Waals surface area (Å²) in [7, 11) is 0. The standard InChI is InChI=1S/C15H15N3OS/c1-12(13-7-3-2-4-8-13)17-18-14(19)11-20-15-9-5-6-10-16-15/h2-10H,11H2,1H3,(H,18,19)/b17-12+. The van der Waals surface area contributed by atoms with Gasteiger partial charge in [-0.1, -0.05) is 48.2 Å². The summed E-state index contributed by atoms with van der Waals surface area (Å²) >= 11 is 1.38. The number of aromatic nitrogens is 1. The second-order valence-corrected chi connectivity index (χ2v) is 5.05. The second-order valence-electron chi connectivity index (χ2n) is 4.05. The van der Waals surface area contributed by atoms with Crippen molar-refractivity contribution >= 4 is 23.4 Å². The summed E-state index contributed by atoms with van der Waals surface area (Å²) in [6.45, 7) is 1.86. The minimum Gasteiger partial charge on any atom is -0.272 e. The molecular weight excluding hydrogens is 270 g/mol. The maximum atomic E-state index is 11.7. The summed E-state index contributed by atoms with van der Waals surface area (Å²) in [5, 5.41) is 4.92. The lowest BCUT2D eigenvalue weighted by Gasteiger charge is -2.02. The summed E-state index contributed by atoms with van der Waals surface area (Å²) in [5.74, 6) is 0.152. The van der Waals surface area contributed by atoms with Gasteiger partial charge in [-0.3, -0.25) is 4.79 Å². The molecule has 0 radical (unpaired) electrons. The molecule has 1 aromatic carbocycles. The molecule has 4 nitrogen and oxygen atoms in total. The summed E-state index contributed by atoms with van der Waals surface area (Å²) in [5.41, 5.74) is 4.32. The van der Waals surface area contributed by atoms with E-state index in [0.717, 1.165) is 16.3 Å².